The van der Waals surface area contributed by atoms with Gasteiger partial charge in [-0.05, 0) is 26.0 Å². The number of carbonyl (C=O) groups is 2. The lowest BCUT2D eigenvalue weighted by atomic mass is 10.1. The van der Waals surface area contributed by atoms with Crippen LogP contribution in [0.2, 0.25) is 0 Å². The van der Waals surface area contributed by atoms with Gasteiger partial charge in [0.05, 0.1) is 30.5 Å². The summed E-state index contributed by atoms with van der Waals surface area (Å²) < 4.78 is 5.27. The number of anilines is 1. The molecule has 0 aromatic heterocycles. The number of carbonyl (C=O) groups excluding carboxylic acids is 1. The van der Waals surface area contributed by atoms with Crippen LogP contribution in [-0.4, -0.2) is 47.8 Å². The van der Waals surface area contributed by atoms with Gasteiger partial charge in [0.25, 0.3) is 0 Å². The number of nitrogens with zero attached hydrogens (tertiary/aromatic N) is 1. The average Bonchev–Trinajstić information content (AvgIpc) is 2.41. The number of amides is 2. The number of hydrogen-bond acceptors (Lipinski definition) is 3. The van der Waals surface area contributed by atoms with E-state index in [0.29, 0.717) is 25.4 Å². The largest absolute Gasteiger partial charge is 0.478 e. The van der Waals surface area contributed by atoms with Crippen LogP contribution in [0.15, 0.2) is 18.2 Å². The van der Waals surface area contributed by atoms with Gasteiger partial charge in [-0.2, -0.15) is 0 Å². The molecule has 1 aliphatic heterocycles. The second-order valence-electron chi connectivity index (χ2n) is 4.90. The number of carboxylic acid groups (broad SMARTS) is 1. The lowest BCUT2D eigenvalue weighted by Crippen LogP contribution is -2.49. The molecule has 2 rings (SSSR count). The summed E-state index contributed by atoms with van der Waals surface area (Å²) in [5.74, 6) is -1.06. The van der Waals surface area contributed by atoms with E-state index in [4.69, 9.17) is 4.74 Å². The van der Waals surface area contributed by atoms with E-state index in [1.165, 1.54) is 0 Å². The summed E-state index contributed by atoms with van der Waals surface area (Å²) >= 11 is 0. The summed E-state index contributed by atoms with van der Waals surface area (Å²) in [6, 6.07) is 4.60. The number of rotatable bonds is 2. The SMILES string of the molecule is Cc1ccc(NC(=O)N2CCOCC2C)c(C(=O)O)c1. The Morgan fingerprint density at radius 3 is 2.85 bits per heavy atom. The minimum Gasteiger partial charge on any atom is -0.478 e. The Bertz CT molecular complexity index is 530. The van der Waals surface area contributed by atoms with Crippen molar-refractivity contribution < 1.29 is 19.4 Å². The highest BCUT2D eigenvalue weighted by molar-refractivity contribution is 6.00. The van der Waals surface area contributed by atoms with Gasteiger partial charge in [-0.25, -0.2) is 9.59 Å². The van der Waals surface area contributed by atoms with Crippen LogP contribution in [0.25, 0.3) is 0 Å². The molecule has 1 aromatic carbocycles. The van der Waals surface area contributed by atoms with Crippen molar-refractivity contribution in [2.45, 2.75) is 19.9 Å². The number of urea groups is 1. The van der Waals surface area contributed by atoms with Crippen LogP contribution in [0.1, 0.15) is 22.8 Å². The smallest absolute Gasteiger partial charge is 0.337 e. The average molecular weight is 278 g/mol. The first kappa shape index (κ1) is 14.3. The van der Waals surface area contributed by atoms with E-state index in [9.17, 15) is 14.7 Å². The Balaban J connectivity index is 2.17. The molecule has 2 amide bonds. The van der Waals surface area contributed by atoms with Gasteiger partial charge in [-0.3, -0.25) is 0 Å². The van der Waals surface area contributed by atoms with Gasteiger partial charge in [-0.15, -0.1) is 0 Å². The number of ether oxygens (including phenoxy) is 1. The van der Waals surface area contributed by atoms with Crippen LogP contribution in [0, 0.1) is 6.92 Å². The molecule has 2 N–H and O–H groups in total. The maximum absolute atomic E-state index is 12.2. The molecule has 1 fully saturated rings. The van der Waals surface area contributed by atoms with Gasteiger partial charge in [-0.1, -0.05) is 11.6 Å². The van der Waals surface area contributed by atoms with Crippen molar-refractivity contribution in [3.05, 3.63) is 29.3 Å². The molecular weight excluding hydrogens is 260 g/mol. The highest BCUT2D eigenvalue weighted by Gasteiger charge is 2.24. The molecule has 1 saturated heterocycles. The molecule has 108 valence electrons. The maximum Gasteiger partial charge on any atom is 0.337 e. The fraction of sp³-hybridized carbons (Fsp3) is 0.429. The van der Waals surface area contributed by atoms with Gasteiger partial charge in [0.15, 0.2) is 0 Å². The standard InChI is InChI=1S/C14H18N2O4/c1-9-3-4-12(11(7-9)13(17)18)15-14(19)16-5-6-20-8-10(16)2/h3-4,7,10H,5-6,8H2,1-2H3,(H,15,19)(H,17,18). The van der Waals surface area contributed by atoms with Crippen molar-refractivity contribution in [1.82, 2.24) is 4.90 Å². The van der Waals surface area contributed by atoms with E-state index < -0.39 is 5.97 Å². The molecular formula is C14H18N2O4. The minimum absolute atomic E-state index is 0.0255. The number of aromatic carboxylic acids is 1. The second-order valence-corrected chi connectivity index (χ2v) is 4.90. The quantitative estimate of drug-likeness (QED) is 0.866. The van der Waals surface area contributed by atoms with Crippen LogP contribution in [0.5, 0.6) is 0 Å². The van der Waals surface area contributed by atoms with Gasteiger partial charge in [0, 0.05) is 6.54 Å². The van der Waals surface area contributed by atoms with E-state index in [2.05, 4.69) is 5.32 Å². The van der Waals surface area contributed by atoms with Gasteiger partial charge in [0.1, 0.15) is 0 Å². The first-order chi connectivity index (χ1) is 9.49. The van der Waals surface area contributed by atoms with Crippen LogP contribution >= 0.6 is 0 Å². The van der Waals surface area contributed by atoms with E-state index in [1.807, 2.05) is 13.8 Å². The maximum atomic E-state index is 12.2. The van der Waals surface area contributed by atoms with Crippen LogP contribution in [0.4, 0.5) is 10.5 Å². The molecule has 1 atom stereocenters. The summed E-state index contributed by atoms with van der Waals surface area (Å²) in [6.07, 6.45) is 0. The molecule has 0 bridgehead atoms. The molecule has 1 aromatic rings. The topological polar surface area (TPSA) is 78.9 Å². The number of morpholine rings is 1. The Morgan fingerprint density at radius 1 is 1.45 bits per heavy atom. The predicted molar refractivity (Wildman–Crippen MR) is 74.1 cm³/mol. The number of nitrogens with one attached hydrogen (secondary N) is 1. The molecule has 20 heavy (non-hydrogen) atoms. The van der Waals surface area contributed by atoms with Crippen molar-refractivity contribution in [2.24, 2.45) is 0 Å². The van der Waals surface area contributed by atoms with Crippen LogP contribution in [0.3, 0.4) is 0 Å². The summed E-state index contributed by atoms with van der Waals surface area (Å²) in [7, 11) is 0. The fourth-order valence-electron chi connectivity index (χ4n) is 2.16. The molecule has 6 heteroatoms. The minimum atomic E-state index is -1.06. The van der Waals surface area contributed by atoms with Crippen molar-refractivity contribution in [2.75, 3.05) is 25.1 Å². The lowest BCUT2D eigenvalue weighted by molar-refractivity contribution is 0.0221. The Labute approximate surface area is 117 Å². The van der Waals surface area contributed by atoms with E-state index in [0.717, 1.165) is 5.56 Å². The first-order valence-electron chi connectivity index (χ1n) is 6.48. The molecule has 6 nitrogen and oxygen atoms in total. The van der Waals surface area contributed by atoms with Crippen molar-refractivity contribution >= 4 is 17.7 Å². The summed E-state index contributed by atoms with van der Waals surface area (Å²) in [6.45, 7) is 5.19. The number of benzene rings is 1. The monoisotopic (exact) mass is 278 g/mol. The first-order valence-corrected chi connectivity index (χ1v) is 6.48. The van der Waals surface area contributed by atoms with Crippen LogP contribution in [-0.2, 0) is 4.74 Å². The third-order valence-electron chi connectivity index (χ3n) is 3.28. The molecule has 1 unspecified atom stereocenters. The number of hydrogen-bond donors (Lipinski definition) is 2. The Kier molecular flexibility index (Phi) is 4.24. The number of aryl methyl sites for hydroxylation is 1. The van der Waals surface area contributed by atoms with Crippen molar-refractivity contribution in [1.29, 1.82) is 0 Å². The zero-order valence-electron chi connectivity index (χ0n) is 11.5. The predicted octanol–water partition coefficient (Wildman–Crippen LogP) is 1.95. The van der Waals surface area contributed by atoms with Crippen molar-refractivity contribution in [3.63, 3.8) is 0 Å². The zero-order valence-corrected chi connectivity index (χ0v) is 11.5. The highest BCUT2D eigenvalue weighted by atomic mass is 16.5. The Hall–Kier alpha value is -2.08. The lowest BCUT2D eigenvalue weighted by Gasteiger charge is -2.33. The molecule has 1 aliphatic rings. The van der Waals surface area contributed by atoms with Gasteiger partial charge < -0.3 is 20.1 Å². The molecule has 0 aliphatic carbocycles. The molecule has 0 radical (unpaired) electrons. The van der Waals surface area contributed by atoms with E-state index in [1.54, 1.807) is 23.1 Å². The van der Waals surface area contributed by atoms with Gasteiger partial charge in [0.2, 0.25) is 0 Å². The summed E-state index contributed by atoms with van der Waals surface area (Å²) in [4.78, 5) is 25.1. The second kappa shape index (κ2) is 5.92. The summed E-state index contributed by atoms with van der Waals surface area (Å²) in [5.41, 5.74) is 1.24. The van der Waals surface area contributed by atoms with Crippen LogP contribution < -0.4 is 5.32 Å². The molecule has 0 spiro atoms. The fourth-order valence-corrected chi connectivity index (χ4v) is 2.16. The highest BCUT2D eigenvalue weighted by Crippen LogP contribution is 2.19. The normalized spacial score (nSPS) is 18.7. The molecule has 1 heterocycles. The number of carboxylic acids is 1. The third-order valence-corrected chi connectivity index (χ3v) is 3.28. The third kappa shape index (κ3) is 3.08. The van der Waals surface area contributed by atoms with Crippen molar-refractivity contribution in [3.8, 4) is 0 Å². The summed E-state index contributed by atoms with van der Waals surface area (Å²) in [5, 5.41) is 11.9. The van der Waals surface area contributed by atoms with E-state index in [-0.39, 0.29) is 17.6 Å². The Morgan fingerprint density at radius 2 is 2.20 bits per heavy atom. The zero-order chi connectivity index (χ0) is 14.7. The van der Waals surface area contributed by atoms with Gasteiger partial charge >= 0.3 is 12.0 Å². The van der Waals surface area contributed by atoms with E-state index >= 15 is 0 Å². The molecule has 0 saturated carbocycles.